The standard InChI is InChI=1S/C20H29N3O2/c1-15-6-5-11-23(14-15)19(24)17-9-12-22(13-10-17)20(25)18(21)16-7-3-2-4-8-16/h2-4,7-8,15,17-18H,5-6,9-14,21H2,1H3. The van der Waals surface area contributed by atoms with Gasteiger partial charge in [-0.2, -0.15) is 0 Å². The summed E-state index contributed by atoms with van der Waals surface area (Å²) in [5, 5.41) is 0. The van der Waals surface area contributed by atoms with Crippen LogP contribution < -0.4 is 5.73 Å². The molecule has 0 saturated carbocycles. The second-order valence-electron chi connectivity index (χ2n) is 7.52. The van der Waals surface area contributed by atoms with Crippen molar-refractivity contribution in [3.63, 3.8) is 0 Å². The molecule has 3 rings (SSSR count). The number of amides is 2. The van der Waals surface area contributed by atoms with Crippen LogP contribution in [0.5, 0.6) is 0 Å². The largest absolute Gasteiger partial charge is 0.342 e. The summed E-state index contributed by atoms with van der Waals surface area (Å²) in [5.41, 5.74) is 6.97. The first-order chi connectivity index (χ1) is 12.1. The summed E-state index contributed by atoms with van der Waals surface area (Å²) < 4.78 is 0. The highest BCUT2D eigenvalue weighted by Gasteiger charge is 2.33. The quantitative estimate of drug-likeness (QED) is 0.915. The van der Waals surface area contributed by atoms with E-state index in [0.29, 0.717) is 19.0 Å². The van der Waals surface area contributed by atoms with Crippen molar-refractivity contribution < 1.29 is 9.59 Å². The average molecular weight is 343 g/mol. The number of nitrogens with two attached hydrogens (primary N) is 1. The van der Waals surface area contributed by atoms with Crippen LogP contribution in [0.4, 0.5) is 0 Å². The first-order valence-electron chi connectivity index (χ1n) is 9.44. The molecule has 2 unspecified atom stereocenters. The molecule has 136 valence electrons. The van der Waals surface area contributed by atoms with Gasteiger partial charge in [-0.1, -0.05) is 37.3 Å². The van der Waals surface area contributed by atoms with E-state index in [0.717, 1.165) is 37.9 Å². The van der Waals surface area contributed by atoms with Gasteiger partial charge in [0.05, 0.1) is 0 Å². The maximum absolute atomic E-state index is 12.7. The summed E-state index contributed by atoms with van der Waals surface area (Å²) in [6.45, 7) is 5.24. The van der Waals surface area contributed by atoms with Crippen LogP contribution in [0.3, 0.4) is 0 Å². The highest BCUT2D eigenvalue weighted by Crippen LogP contribution is 2.25. The topological polar surface area (TPSA) is 66.6 Å². The van der Waals surface area contributed by atoms with Crippen LogP contribution in [0.1, 0.15) is 44.2 Å². The zero-order valence-electron chi connectivity index (χ0n) is 15.1. The van der Waals surface area contributed by atoms with Crippen LogP contribution >= 0.6 is 0 Å². The fraction of sp³-hybridized carbons (Fsp3) is 0.600. The Balaban J connectivity index is 1.53. The third kappa shape index (κ3) is 4.21. The van der Waals surface area contributed by atoms with E-state index >= 15 is 0 Å². The Bertz CT molecular complexity index is 596. The van der Waals surface area contributed by atoms with Gasteiger partial charge in [-0.3, -0.25) is 9.59 Å². The Hall–Kier alpha value is -1.88. The molecule has 2 atom stereocenters. The van der Waals surface area contributed by atoms with Crippen molar-refractivity contribution in [1.29, 1.82) is 0 Å². The molecule has 2 amide bonds. The zero-order chi connectivity index (χ0) is 17.8. The van der Waals surface area contributed by atoms with Crippen molar-refractivity contribution in [2.75, 3.05) is 26.2 Å². The van der Waals surface area contributed by atoms with Gasteiger partial charge in [0.25, 0.3) is 0 Å². The van der Waals surface area contributed by atoms with Crippen molar-refractivity contribution in [2.45, 2.75) is 38.6 Å². The average Bonchev–Trinajstić information content (AvgIpc) is 2.67. The van der Waals surface area contributed by atoms with Gasteiger partial charge in [-0.25, -0.2) is 0 Å². The molecule has 0 spiro atoms. The molecule has 0 aromatic heterocycles. The summed E-state index contributed by atoms with van der Waals surface area (Å²) in [5.74, 6) is 0.903. The molecule has 25 heavy (non-hydrogen) atoms. The van der Waals surface area contributed by atoms with Crippen LogP contribution in [0.15, 0.2) is 30.3 Å². The first-order valence-corrected chi connectivity index (χ1v) is 9.44. The first kappa shape index (κ1) is 17.9. The maximum Gasteiger partial charge on any atom is 0.244 e. The fourth-order valence-corrected chi connectivity index (χ4v) is 3.99. The second-order valence-corrected chi connectivity index (χ2v) is 7.52. The third-order valence-electron chi connectivity index (χ3n) is 5.55. The molecular weight excluding hydrogens is 314 g/mol. The minimum Gasteiger partial charge on any atom is -0.342 e. The van der Waals surface area contributed by atoms with Crippen molar-refractivity contribution in [2.24, 2.45) is 17.6 Å². The number of hydrogen-bond donors (Lipinski definition) is 1. The molecule has 0 bridgehead atoms. The molecule has 5 heteroatoms. The Morgan fingerprint density at radius 3 is 2.36 bits per heavy atom. The lowest BCUT2D eigenvalue weighted by Crippen LogP contribution is -2.48. The van der Waals surface area contributed by atoms with E-state index in [2.05, 4.69) is 6.92 Å². The second kappa shape index (κ2) is 8.00. The zero-order valence-corrected chi connectivity index (χ0v) is 15.1. The van der Waals surface area contributed by atoms with Crippen molar-refractivity contribution in [3.05, 3.63) is 35.9 Å². The van der Waals surface area contributed by atoms with Gasteiger partial charge >= 0.3 is 0 Å². The fourth-order valence-electron chi connectivity index (χ4n) is 3.99. The lowest BCUT2D eigenvalue weighted by molar-refractivity contribution is -0.142. The minimum absolute atomic E-state index is 0.0382. The highest BCUT2D eigenvalue weighted by molar-refractivity contribution is 5.84. The molecule has 0 aliphatic carbocycles. The molecule has 2 fully saturated rings. The Morgan fingerprint density at radius 1 is 1.04 bits per heavy atom. The monoisotopic (exact) mass is 343 g/mol. The molecule has 1 aromatic rings. The molecule has 1 aromatic carbocycles. The molecule has 5 nitrogen and oxygen atoms in total. The summed E-state index contributed by atoms with van der Waals surface area (Å²) in [6, 6.07) is 8.86. The molecule has 2 saturated heterocycles. The number of hydrogen-bond acceptors (Lipinski definition) is 3. The number of carbonyl (C=O) groups is 2. The van der Waals surface area contributed by atoms with E-state index in [-0.39, 0.29) is 17.7 Å². The number of carbonyl (C=O) groups excluding carboxylic acids is 2. The van der Waals surface area contributed by atoms with E-state index in [1.165, 1.54) is 6.42 Å². The van der Waals surface area contributed by atoms with Crippen LogP contribution in [0.2, 0.25) is 0 Å². The van der Waals surface area contributed by atoms with E-state index < -0.39 is 6.04 Å². The SMILES string of the molecule is CC1CCCN(C(=O)C2CCN(C(=O)C(N)c3ccccc3)CC2)C1. The lowest BCUT2D eigenvalue weighted by Gasteiger charge is -2.37. The predicted octanol–water partition coefficient (Wildman–Crippen LogP) is 2.18. The lowest BCUT2D eigenvalue weighted by atomic mass is 9.92. The Labute approximate surface area is 150 Å². The Kier molecular flexibility index (Phi) is 5.74. The van der Waals surface area contributed by atoms with Crippen molar-refractivity contribution in [3.8, 4) is 0 Å². The highest BCUT2D eigenvalue weighted by atomic mass is 16.2. The molecule has 2 N–H and O–H groups in total. The third-order valence-corrected chi connectivity index (χ3v) is 5.55. The van der Waals surface area contributed by atoms with Crippen molar-refractivity contribution in [1.82, 2.24) is 9.80 Å². The van der Waals surface area contributed by atoms with Crippen LogP contribution in [-0.2, 0) is 9.59 Å². The molecular formula is C20H29N3O2. The van der Waals surface area contributed by atoms with Gasteiger partial charge in [0.1, 0.15) is 6.04 Å². The van der Waals surface area contributed by atoms with Gasteiger partial charge in [0.15, 0.2) is 0 Å². The predicted molar refractivity (Wildman–Crippen MR) is 97.7 cm³/mol. The van der Waals surface area contributed by atoms with E-state index in [4.69, 9.17) is 5.73 Å². The van der Waals surface area contributed by atoms with Crippen molar-refractivity contribution >= 4 is 11.8 Å². The van der Waals surface area contributed by atoms with Gasteiger partial charge in [0, 0.05) is 32.1 Å². The number of likely N-dealkylation sites (tertiary alicyclic amines) is 2. The summed E-state index contributed by atoms with van der Waals surface area (Å²) >= 11 is 0. The maximum atomic E-state index is 12.7. The van der Waals surface area contributed by atoms with Gasteiger partial charge in [-0.15, -0.1) is 0 Å². The summed E-state index contributed by atoms with van der Waals surface area (Å²) in [4.78, 5) is 29.2. The van der Waals surface area contributed by atoms with Gasteiger partial charge in [-0.05, 0) is 37.2 Å². The Morgan fingerprint density at radius 2 is 1.72 bits per heavy atom. The van der Waals surface area contributed by atoms with Crippen LogP contribution in [-0.4, -0.2) is 47.8 Å². The van der Waals surface area contributed by atoms with Gasteiger partial charge in [0.2, 0.25) is 11.8 Å². The molecule has 2 aliphatic rings. The number of rotatable bonds is 3. The van der Waals surface area contributed by atoms with Crippen LogP contribution in [0.25, 0.3) is 0 Å². The number of benzene rings is 1. The minimum atomic E-state index is -0.614. The van der Waals surface area contributed by atoms with E-state index in [1.54, 1.807) is 0 Å². The molecule has 2 heterocycles. The summed E-state index contributed by atoms with van der Waals surface area (Å²) in [7, 11) is 0. The van der Waals surface area contributed by atoms with Gasteiger partial charge < -0.3 is 15.5 Å². The normalized spacial score (nSPS) is 23.4. The number of nitrogens with zero attached hydrogens (tertiary/aromatic N) is 2. The molecule has 0 radical (unpaired) electrons. The summed E-state index contributed by atoms with van der Waals surface area (Å²) in [6.07, 6.45) is 3.82. The molecule has 2 aliphatic heterocycles. The van der Waals surface area contributed by atoms with E-state index in [9.17, 15) is 9.59 Å². The van der Waals surface area contributed by atoms with E-state index in [1.807, 2.05) is 40.1 Å². The smallest absolute Gasteiger partial charge is 0.244 e. The van der Waals surface area contributed by atoms with Crippen LogP contribution in [0, 0.1) is 11.8 Å². The number of piperidine rings is 2.